The summed E-state index contributed by atoms with van der Waals surface area (Å²) in [6.45, 7) is -2.99. The van der Waals surface area contributed by atoms with Gasteiger partial charge in [0.05, 0.1) is 6.04 Å². The molecule has 0 radical (unpaired) electrons. The predicted octanol–water partition coefficient (Wildman–Crippen LogP) is 1.75. The second-order valence-corrected chi connectivity index (χ2v) is 8.35. The van der Waals surface area contributed by atoms with Gasteiger partial charge in [0.2, 0.25) is 10.0 Å². The van der Waals surface area contributed by atoms with Crippen molar-refractivity contribution >= 4 is 10.0 Å². The zero-order chi connectivity index (χ0) is 22.8. The molecule has 0 fully saturated rings. The molecule has 0 spiro atoms. The van der Waals surface area contributed by atoms with Crippen molar-refractivity contribution in [2.45, 2.75) is 17.5 Å². The molecule has 0 aliphatic carbocycles. The summed E-state index contributed by atoms with van der Waals surface area (Å²) in [7, 11) is -1.86. The molecule has 1 unspecified atom stereocenters. The number of sulfonamides is 1. The fraction of sp³-hybridized carbons (Fsp3) is 0.200. The Labute approximate surface area is 176 Å². The van der Waals surface area contributed by atoms with Crippen LogP contribution in [0, 0.1) is 0 Å². The molecule has 3 aromatic rings. The second kappa shape index (κ2) is 8.82. The normalized spacial score (nSPS) is 12.7. The third-order valence-electron chi connectivity index (χ3n) is 4.55. The zero-order valence-electron chi connectivity index (χ0n) is 16.5. The molecule has 1 N–H and O–H groups in total. The van der Waals surface area contributed by atoms with Gasteiger partial charge < -0.3 is 9.30 Å². The van der Waals surface area contributed by atoms with Gasteiger partial charge in [0.1, 0.15) is 5.75 Å². The van der Waals surface area contributed by atoms with Crippen LogP contribution in [0.15, 0.2) is 75.3 Å². The van der Waals surface area contributed by atoms with Gasteiger partial charge in [-0.05, 0) is 23.3 Å². The molecule has 0 bridgehead atoms. The molecule has 0 saturated heterocycles. The minimum absolute atomic E-state index is 0.0830. The van der Waals surface area contributed by atoms with Gasteiger partial charge in [-0.25, -0.2) is 13.2 Å². The standard InChI is InChI=1S/C20H19F2N3O5S/c1-24-12-16(18(26)25(2)20(24)27)31(28,29)23-17(13-6-4-3-5-7-13)14-8-10-15(11-9-14)30-19(21)22/h3-12,17,19,23H,1-2H3. The Bertz CT molecular complexity index is 1290. The molecule has 1 aromatic heterocycles. The number of aryl methyl sites for hydroxylation is 1. The highest BCUT2D eigenvalue weighted by Gasteiger charge is 2.27. The van der Waals surface area contributed by atoms with Gasteiger partial charge in [-0.15, -0.1) is 0 Å². The number of ether oxygens (including phenoxy) is 1. The van der Waals surface area contributed by atoms with E-state index < -0.39 is 38.8 Å². The highest BCUT2D eigenvalue weighted by Crippen LogP contribution is 2.26. The van der Waals surface area contributed by atoms with Crippen LogP contribution in [0.2, 0.25) is 0 Å². The molecule has 3 rings (SSSR count). The number of halogens is 2. The van der Waals surface area contributed by atoms with Crippen LogP contribution in [0.5, 0.6) is 5.75 Å². The smallest absolute Gasteiger partial charge is 0.387 e. The van der Waals surface area contributed by atoms with Gasteiger partial charge in [0.25, 0.3) is 5.56 Å². The number of hydrogen-bond acceptors (Lipinski definition) is 5. The number of nitrogens with one attached hydrogen (secondary N) is 1. The lowest BCUT2D eigenvalue weighted by atomic mass is 10.00. The molecule has 0 saturated carbocycles. The van der Waals surface area contributed by atoms with Crippen LogP contribution in [0.4, 0.5) is 8.78 Å². The molecule has 11 heteroatoms. The summed E-state index contributed by atoms with van der Waals surface area (Å²) < 4.78 is 59.5. The number of alkyl halides is 2. The van der Waals surface area contributed by atoms with Crippen LogP contribution in [0.25, 0.3) is 0 Å². The first-order valence-electron chi connectivity index (χ1n) is 8.99. The summed E-state index contributed by atoms with van der Waals surface area (Å²) >= 11 is 0. The monoisotopic (exact) mass is 451 g/mol. The third kappa shape index (κ3) is 4.89. The van der Waals surface area contributed by atoms with Crippen LogP contribution in [-0.2, 0) is 24.1 Å². The first-order valence-corrected chi connectivity index (χ1v) is 10.5. The van der Waals surface area contributed by atoms with E-state index in [0.717, 1.165) is 10.8 Å². The Hall–Kier alpha value is -3.31. The van der Waals surface area contributed by atoms with E-state index in [1.54, 1.807) is 30.3 Å². The number of nitrogens with zero attached hydrogens (tertiary/aromatic N) is 2. The van der Waals surface area contributed by atoms with Crippen molar-refractivity contribution in [2.75, 3.05) is 0 Å². The van der Waals surface area contributed by atoms with Crippen LogP contribution < -0.4 is 20.7 Å². The van der Waals surface area contributed by atoms with Crippen LogP contribution in [0.1, 0.15) is 17.2 Å². The van der Waals surface area contributed by atoms with E-state index in [9.17, 15) is 26.8 Å². The zero-order valence-corrected chi connectivity index (χ0v) is 17.3. The van der Waals surface area contributed by atoms with Crippen molar-refractivity contribution < 1.29 is 21.9 Å². The Morgan fingerprint density at radius 3 is 2.10 bits per heavy atom. The molecule has 8 nitrogen and oxygen atoms in total. The van der Waals surface area contributed by atoms with Gasteiger partial charge >= 0.3 is 12.3 Å². The topological polar surface area (TPSA) is 99.4 Å². The molecule has 0 amide bonds. The summed E-state index contributed by atoms with van der Waals surface area (Å²) in [5, 5.41) is 0. The van der Waals surface area contributed by atoms with Gasteiger partial charge in [-0.2, -0.15) is 13.5 Å². The summed E-state index contributed by atoms with van der Waals surface area (Å²) in [5.74, 6) is -0.0830. The Morgan fingerprint density at radius 2 is 1.52 bits per heavy atom. The van der Waals surface area contributed by atoms with Gasteiger partial charge in [0.15, 0.2) is 4.90 Å². The maximum absolute atomic E-state index is 13.1. The fourth-order valence-corrected chi connectivity index (χ4v) is 4.37. The highest BCUT2D eigenvalue weighted by molar-refractivity contribution is 7.89. The Balaban J connectivity index is 2.06. The molecular formula is C20H19F2N3O5S. The van der Waals surface area contributed by atoms with Crippen molar-refractivity contribution in [3.8, 4) is 5.75 Å². The molecule has 2 aromatic carbocycles. The van der Waals surface area contributed by atoms with Crippen molar-refractivity contribution in [3.63, 3.8) is 0 Å². The summed E-state index contributed by atoms with van der Waals surface area (Å²) in [6.07, 6.45) is 0.953. The lowest BCUT2D eigenvalue weighted by Gasteiger charge is -2.20. The van der Waals surface area contributed by atoms with E-state index in [0.29, 0.717) is 15.7 Å². The van der Waals surface area contributed by atoms with Gasteiger partial charge in [-0.3, -0.25) is 9.36 Å². The van der Waals surface area contributed by atoms with E-state index in [2.05, 4.69) is 9.46 Å². The molecule has 0 aliphatic heterocycles. The number of rotatable bonds is 7. The molecule has 1 atom stereocenters. The quantitative estimate of drug-likeness (QED) is 0.590. The van der Waals surface area contributed by atoms with Crippen LogP contribution >= 0.6 is 0 Å². The van der Waals surface area contributed by atoms with Crippen molar-refractivity contribution in [1.29, 1.82) is 0 Å². The van der Waals surface area contributed by atoms with Crippen LogP contribution in [0.3, 0.4) is 0 Å². The summed E-state index contributed by atoms with van der Waals surface area (Å²) in [4.78, 5) is 23.7. The molecule has 31 heavy (non-hydrogen) atoms. The highest BCUT2D eigenvalue weighted by atomic mass is 32.2. The average molecular weight is 451 g/mol. The van der Waals surface area contributed by atoms with E-state index in [4.69, 9.17) is 0 Å². The molecule has 0 aliphatic rings. The Kier molecular flexibility index (Phi) is 6.37. The number of hydrogen-bond donors (Lipinski definition) is 1. The van der Waals surface area contributed by atoms with Crippen molar-refractivity contribution in [1.82, 2.24) is 13.9 Å². The fourth-order valence-electron chi connectivity index (χ4n) is 2.99. The van der Waals surface area contributed by atoms with Gasteiger partial charge in [-0.1, -0.05) is 42.5 Å². The number of aromatic nitrogens is 2. The summed E-state index contributed by atoms with van der Waals surface area (Å²) in [6, 6.07) is 13.0. The minimum Gasteiger partial charge on any atom is -0.435 e. The second-order valence-electron chi connectivity index (χ2n) is 6.66. The largest absolute Gasteiger partial charge is 0.435 e. The van der Waals surface area contributed by atoms with Crippen molar-refractivity contribution in [2.24, 2.45) is 14.1 Å². The van der Waals surface area contributed by atoms with Crippen molar-refractivity contribution in [3.05, 3.63) is 92.8 Å². The first-order chi connectivity index (χ1) is 14.6. The number of benzene rings is 2. The Morgan fingerprint density at radius 1 is 0.935 bits per heavy atom. The average Bonchev–Trinajstić information content (AvgIpc) is 2.74. The maximum atomic E-state index is 13.1. The molecule has 1 heterocycles. The third-order valence-corrected chi connectivity index (χ3v) is 5.95. The molecular weight excluding hydrogens is 432 g/mol. The lowest BCUT2D eigenvalue weighted by molar-refractivity contribution is -0.0498. The molecule has 164 valence electrons. The maximum Gasteiger partial charge on any atom is 0.387 e. The van der Waals surface area contributed by atoms with E-state index >= 15 is 0 Å². The predicted molar refractivity (Wildman–Crippen MR) is 109 cm³/mol. The SMILES string of the molecule is Cn1cc(S(=O)(=O)NC(c2ccccc2)c2ccc(OC(F)F)cc2)c(=O)n(C)c1=O. The van der Waals surface area contributed by atoms with E-state index in [1.807, 2.05) is 0 Å². The first kappa shape index (κ1) is 22.4. The summed E-state index contributed by atoms with van der Waals surface area (Å²) in [5.41, 5.74) is -0.658. The van der Waals surface area contributed by atoms with Crippen LogP contribution in [-0.4, -0.2) is 24.2 Å². The lowest BCUT2D eigenvalue weighted by Crippen LogP contribution is -2.42. The van der Waals surface area contributed by atoms with E-state index in [1.165, 1.54) is 38.4 Å². The van der Waals surface area contributed by atoms with Gasteiger partial charge in [0, 0.05) is 20.3 Å². The van der Waals surface area contributed by atoms with E-state index in [-0.39, 0.29) is 5.75 Å². The minimum atomic E-state index is -4.37.